The van der Waals surface area contributed by atoms with Crippen LogP contribution in [0.1, 0.15) is 31.2 Å². The molecule has 128 valence electrons. The number of nitrogens with two attached hydrogens (primary N) is 1. The molecule has 0 saturated heterocycles. The molecule has 2 rings (SSSR count). The van der Waals surface area contributed by atoms with Crippen LogP contribution in [-0.4, -0.2) is 23.3 Å². The molecule has 0 atom stereocenters. The van der Waals surface area contributed by atoms with Crippen molar-refractivity contribution < 1.29 is 22.8 Å². The second-order valence-corrected chi connectivity index (χ2v) is 5.84. The molecule has 1 fully saturated rings. The number of rotatable bonds is 4. The summed E-state index contributed by atoms with van der Waals surface area (Å²) in [7, 11) is 0. The summed E-state index contributed by atoms with van der Waals surface area (Å²) in [6.45, 7) is -0.784. The quantitative estimate of drug-likeness (QED) is 0.858. The lowest BCUT2D eigenvalue weighted by molar-refractivity contribution is -0.131. The summed E-state index contributed by atoms with van der Waals surface area (Å²) >= 11 is 0. The number of halogens is 3. The smallest absolute Gasteiger partial charge is 0.303 e. The van der Waals surface area contributed by atoms with Crippen molar-refractivity contribution in [2.75, 3.05) is 4.90 Å². The zero-order chi connectivity index (χ0) is 18.0. The van der Waals surface area contributed by atoms with Crippen molar-refractivity contribution in [3.8, 4) is 12.3 Å². The third-order valence-corrected chi connectivity index (χ3v) is 4.34. The molecule has 0 unspecified atom stereocenters. The van der Waals surface area contributed by atoms with E-state index in [2.05, 4.69) is 0 Å². The number of hydrogen-bond acceptors (Lipinski definition) is 2. The molecule has 0 aliphatic heterocycles. The van der Waals surface area contributed by atoms with Crippen molar-refractivity contribution in [2.45, 2.75) is 43.8 Å². The Labute approximate surface area is 137 Å². The van der Waals surface area contributed by atoms with Gasteiger partial charge in [0.15, 0.2) is 0 Å². The van der Waals surface area contributed by atoms with Gasteiger partial charge in [-0.25, -0.2) is 13.2 Å². The second-order valence-electron chi connectivity index (χ2n) is 5.84. The van der Waals surface area contributed by atoms with Gasteiger partial charge in [-0.2, -0.15) is 0 Å². The van der Waals surface area contributed by atoms with Crippen LogP contribution in [0, 0.1) is 12.3 Å². The van der Waals surface area contributed by atoms with Gasteiger partial charge >= 0.3 is 5.91 Å². The van der Waals surface area contributed by atoms with Gasteiger partial charge in [0.1, 0.15) is 12.2 Å². The standard InChI is InChI=1S/C17H17F3N2O2/c1-2-14(23)22(13-5-3-4-12(10-13)11-18)16(15(21)24)6-8-17(19,20)9-7-16/h1,3-5,10H,6-9,11H2,(H2,21,24). The molecule has 0 bridgehead atoms. The molecule has 4 nitrogen and oxygen atoms in total. The van der Waals surface area contributed by atoms with Crippen LogP contribution >= 0.6 is 0 Å². The zero-order valence-electron chi connectivity index (χ0n) is 12.9. The minimum Gasteiger partial charge on any atom is -0.368 e. The Morgan fingerprint density at radius 3 is 2.38 bits per heavy atom. The largest absolute Gasteiger partial charge is 0.368 e. The number of amides is 2. The summed E-state index contributed by atoms with van der Waals surface area (Å²) in [4.78, 5) is 25.4. The molecule has 0 aromatic heterocycles. The fraction of sp³-hybridized carbons (Fsp3) is 0.412. The average Bonchev–Trinajstić information content (AvgIpc) is 2.56. The van der Waals surface area contributed by atoms with Gasteiger partial charge in [0.2, 0.25) is 11.8 Å². The predicted molar refractivity (Wildman–Crippen MR) is 82.9 cm³/mol. The molecule has 1 aliphatic carbocycles. The van der Waals surface area contributed by atoms with E-state index in [1.807, 2.05) is 5.92 Å². The molecule has 1 saturated carbocycles. The van der Waals surface area contributed by atoms with E-state index in [9.17, 15) is 22.8 Å². The predicted octanol–water partition coefficient (Wildman–Crippen LogP) is 2.56. The SMILES string of the molecule is C#CC(=O)N(c1cccc(CF)c1)C1(C(N)=O)CCC(F)(F)CC1. The van der Waals surface area contributed by atoms with Gasteiger partial charge in [-0.3, -0.25) is 14.5 Å². The summed E-state index contributed by atoms with van der Waals surface area (Å²) in [5.41, 5.74) is 4.25. The van der Waals surface area contributed by atoms with E-state index in [4.69, 9.17) is 12.2 Å². The molecule has 7 heteroatoms. The van der Waals surface area contributed by atoms with Crippen LogP contribution in [0.2, 0.25) is 0 Å². The van der Waals surface area contributed by atoms with E-state index < -0.39 is 42.8 Å². The third kappa shape index (κ3) is 3.23. The first-order chi connectivity index (χ1) is 11.3. The molecule has 2 amide bonds. The van der Waals surface area contributed by atoms with Crippen molar-refractivity contribution in [3.63, 3.8) is 0 Å². The lowest BCUT2D eigenvalue weighted by Gasteiger charge is -2.44. The molecule has 0 radical (unpaired) electrons. The van der Waals surface area contributed by atoms with Crippen molar-refractivity contribution in [2.24, 2.45) is 5.73 Å². The second kappa shape index (κ2) is 6.56. The third-order valence-electron chi connectivity index (χ3n) is 4.34. The number of alkyl halides is 3. The van der Waals surface area contributed by atoms with Crippen molar-refractivity contribution in [1.82, 2.24) is 0 Å². The first-order valence-electron chi connectivity index (χ1n) is 7.39. The fourth-order valence-corrected chi connectivity index (χ4v) is 3.01. The van der Waals surface area contributed by atoms with E-state index in [0.29, 0.717) is 0 Å². The van der Waals surface area contributed by atoms with E-state index in [0.717, 1.165) is 4.90 Å². The average molecular weight is 338 g/mol. The molecule has 1 aromatic carbocycles. The van der Waals surface area contributed by atoms with E-state index in [-0.39, 0.29) is 24.1 Å². The highest BCUT2D eigenvalue weighted by atomic mass is 19.3. The summed E-state index contributed by atoms with van der Waals surface area (Å²) in [5, 5.41) is 0. The first kappa shape index (κ1) is 17.9. The Bertz CT molecular complexity index is 687. The Balaban J connectivity index is 2.54. The Hall–Kier alpha value is -2.49. The van der Waals surface area contributed by atoms with Gasteiger partial charge in [0.05, 0.1) is 0 Å². The number of carbonyl (C=O) groups is 2. The zero-order valence-corrected chi connectivity index (χ0v) is 12.9. The maximum Gasteiger partial charge on any atom is 0.303 e. The van der Waals surface area contributed by atoms with Gasteiger partial charge in [0, 0.05) is 18.5 Å². The van der Waals surface area contributed by atoms with Crippen molar-refractivity contribution >= 4 is 17.5 Å². The molecule has 1 aliphatic rings. The highest BCUT2D eigenvalue weighted by Gasteiger charge is 2.52. The number of benzene rings is 1. The number of terminal acetylenes is 1. The molecular weight excluding hydrogens is 321 g/mol. The van der Waals surface area contributed by atoms with Crippen LogP contribution in [-0.2, 0) is 16.3 Å². The summed E-state index contributed by atoms with van der Waals surface area (Å²) in [5.74, 6) is -2.82. The summed E-state index contributed by atoms with van der Waals surface area (Å²) < 4.78 is 40.0. The molecule has 1 aromatic rings. The Morgan fingerprint density at radius 2 is 1.88 bits per heavy atom. The summed E-state index contributed by atoms with van der Waals surface area (Å²) in [6.07, 6.45) is 3.37. The topological polar surface area (TPSA) is 63.4 Å². The van der Waals surface area contributed by atoms with Gasteiger partial charge in [0.25, 0.3) is 0 Å². The lowest BCUT2D eigenvalue weighted by atomic mass is 9.77. The van der Waals surface area contributed by atoms with Crippen LogP contribution in [0.25, 0.3) is 0 Å². The maximum absolute atomic E-state index is 13.5. The summed E-state index contributed by atoms with van der Waals surface area (Å²) in [6, 6.07) is 5.81. The number of nitrogens with zero attached hydrogens (tertiary/aromatic N) is 1. The van der Waals surface area contributed by atoms with Crippen molar-refractivity contribution in [1.29, 1.82) is 0 Å². The van der Waals surface area contributed by atoms with Crippen LogP contribution in [0.5, 0.6) is 0 Å². The highest BCUT2D eigenvalue weighted by Crippen LogP contribution is 2.43. The van der Waals surface area contributed by atoms with Crippen LogP contribution in [0.3, 0.4) is 0 Å². The lowest BCUT2D eigenvalue weighted by Crippen LogP contribution is -2.62. The number of hydrogen-bond donors (Lipinski definition) is 1. The maximum atomic E-state index is 13.5. The van der Waals surface area contributed by atoms with Gasteiger partial charge < -0.3 is 5.73 Å². The number of carbonyl (C=O) groups excluding carboxylic acids is 2. The van der Waals surface area contributed by atoms with E-state index in [1.54, 1.807) is 0 Å². The number of primary amides is 1. The molecule has 2 N–H and O–H groups in total. The normalized spacial score (nSPS) is 18.4. The fourth-order valence-electron chi connectivity index (χ4n) is 3.01. The molecule has 24 heavy (non-hydrogen) atoms. The minimum atomic E-state index is -2.93. The van der Waals surface area contributed by atoms with Crippen LogP contribution < -0.4 is 10.6 Å². The molecule has 0 spiro atoms. The van der Waals surface area contributed by atoms with Gasteiger partial charge in [-0.05, 0) is 36.5 Å². The Morgan fingerprint density at radius 1 is 1.25 bits per heavy atom. The minimum absolute atomic E-state index is 0.164. The van der Waals surface area contributed by atoms with Crippen LogP contribution in [0.4, 0.5) is 18.9 Å². The van der Waals surface area contributed by atoms with Crippen LogP contribution in [0.15, 0.2) is 24.3 Å². The Kier molecular flexibility index (Phi) is 4.88. The van der Waals surface area contributed by atoms with E-state index in [1.165, 1.54) is 24.3 Å². The molecular formula is C17H17F3N2O2. The van der Waals surface area contributed by atoms with E-state index >= 15 is 0 Å². The monoisotopic (exact) mass is 338 g/mol. The first-order valence-corrected chi connectivity index (χ1v) is 7.39. The van der Waals surface area contributed by atoms with Gasteiger partial charge in [-0.1, -0.05) is 12.1 Å². The molecule has 0 heterocycles. The van der Waals surface area contributed by atoms with Crippen molar-refractivity contribution in [3.05, 3.63) is 29.8 Å². The number of anilines is 1. The van der Waals surface area contributed by atoms with Gasteiger partial charge in [-0.15, -0.1) is 6.42 Å². The highest BCUT2D eigenvalue weighted by molar-refractivity contribution is 6.11.